The van der Waals surface area contributed by atoms with Crippen LogP contribution in [-0.4, -0.2) is 4.43 Å². The molecule has 90 valence electrons. The zero-order chi connectivity index (χ0) is 10.9. The Labute approximate surface area is 113 Å². The molecule has 0 spiro atoms. The Bertz CT molecular complexity index is 300. The van der Waals surface area contributed by atoms with Gasteiger partial charge < -0.3 is 0 Å². The van der Waals surface area contributed by atoms with Crippen LogP contribution in [0.5, 0.6) is 0 Å². The Kier molecular flexibility index (Phi) is 2.40. The molecule has 0 radical (unpaired) electrons. The van der Waals surface area contributed by atoms with Crippen molar-refractivity contribution >= 4 is 22.6 Å². The molecule has 4 saturated carbocycles. The van der Waals surface area contributed by atoms with Gasteiger partial charge in [0.1, 0.15) is 0 Å². The second-order valence-corrected chi connectivity index (χ2v) is 8.06. The summed E-state index contributed by atoms with van der Waals surface area (Å²) in [6, 6.07) is 0. The highest BCUT2D eigenvalue weighted by atomic mass is 127. The molecule has 0 saturated heterocycles. The predicted molar refractivity (Wildman–Crippen MR) is 75.6 cm³/mol. The van der Waals surface area contributed by atoms with E-state index in [1.807, 2.05) is 0 Å². The van der Waals surface area contributed by atoms with Crippen molar-refractivity contribution in [1.29, 1.82) is 0 Å². The first-order valence-electron chi connectivity index (χ1n) is 7.35. The van der Waals surface area contributed by atoms with Crippen LogP contribution in [0.25, 0.3) is 0 Å². The average Bonchev–Trinajstić information content (AvgIpc) is 2.95. The fraction of sp³-hybridized carbons (Fsp3) is 1.00. The summed E-state index contributed by atoms with van der Waals surface area (Å²) >= 11 is 2.65. The van der Waals surface area contributed by atoms with E-state index in [2.05, 4.69) is 29.5 Å². The normalized spacial score (nSPS) is 62.6. The number of hydrogen-bond acceptors (Lipinski definition) is 0. The van der Waals surface area contributed by atoms with Crippen molar-refractivity contribution in [1.82, 2.24) is 0 Å². The number of rotatable bonds is 1. The predicted octanol–water partition coefficient (Wildman–Crippen LogP) is 4.38. The third kappa shape index (κ3) is 1.22. The summed E-state index contributed by atoms with van der Waals surface area (Å²) in [7, 11) is 0. The maximum absolute atomic E-state index is 2.65. The van der Waals surface area contributed by atoms with Crippen LogP contribution in [0.15, 0.2) is 0 Å². The van der Waals surface area contributed by atoms with E-state index in [1.54, 1.807) is 32.1 Å². The third-order valence-corrected chi connectivity index (χ3v) is 7.91. The van der Waals surface area contributed by atoms with Gasteiger partial charge in [0, 0.05) is 4.43 Å². The number of hydrogen-bond donors (Lipinski definition) is 0. The van der Waals surface area contributed by atoms with Gasteiger partial charge in [-0.25, -0.2) is 0 Å². The molecule has 1 heteroatoms. The van der Waals surface area contributed by atoms with Crippen LogP contribution in [0.3, 0.4) is 0 Å². The van der Waals surface area contributed by atoms with Crippen LogP contribution in [0.1, 0.15) is 39.0 Å². The lowest BCUT2D eigenvalue weighted by Gasteiger charge is -2.30. The SMILES string of the molecule is CC1CC(CI)C2CC3C4CCC(C4)C3C12. The van der Waals surface area contributed by atoms with Crippen molar-refractivity contribution in [3.05, 3.63) is 0 Å². The van der Waals surface area contributed by atoms with E-state index in [-0.39, 0.29) is 0 Å². The highest BCUT2D eigenvalue weighted by Crippen LogP contribution is 2.67. The Balaban J connectivity index is 1.66. The molecule has 8 atom stereocenters. The summed E-state index contributed by atoms with van der Waals surface area (Å²) in [5.74, 6) is 9.15. The van der Waals surface area contributed by atoms with E-state index < -0.39 is 0 Å². The summed E-state index contributed by atoms with van der Waals surface area (Å²) in [5, 5.41) is 0. The van der Waals surface area contributed by atoms with E-state index in [1.165, 1.54) is 28.1 Å². The van der Waals surface area contributed by atoms with Crippen molar-refractivity contribution in [2.24, 2.45) is 47.3 Å². The van der Waals surface area contributed by atoms with Crippen molar-refractivity contribution in [2.75, 3.05) is 4.43 Å². The molecule has 2 bridgehead atoms. The average molecular weight is 330 g/mol. The molecule has 0 N–H and O–H groups in total. The van der Waals surface area contributed by atoms with Crippen LogP contribution in [0.4, 0.5) is 0 Å². The van der Waals surface area contributed by atoms with Gasteiger partial charge in [-0.05, 0) is 79.4 Å². The Hall–Kier alpha value is 0.730. The molecule has 0 heterocycles. The van der Waals surface area contributed by atoms with Crippen LogP contribution >= 0.6 is 22.6 Å². The lowest BCUT2D eigenvalue weighted by molar-refractivity contribution is 0.176. The summed E-state index contributed by atoms with van der Waals surface area (Å²) in [6.07, 6.45) is 8.00. The second kappa shape index (κ2) is 3.61. The van der Waals surface area contributed by atoms with Gasteiger partial charge in [0.25, 0.3) is 0 Å². The van der Waals surface area contributed by atoms with Crippen molar-refractivity contribution in [2.45, 2.75) is 39.0 Å². The number of halogens is 1. The van der Waals surface area contributed by atoms with Gasteiger partial charge in [0.15, 0.2) is 0 Å². The Morgan fingerprint density at radius 1 is 0.938 bits per heavy atom. The fourth-order valence-corrected chi connectivity index (χ4v) is 7.47. The molecule has 4 aliphatic rings. The molecule has 16 heavy (non-hydrogen) atoms. The Morgan fingerprint density at radius 2 is 1.75 bits per heavy atom. The number of alkyl halides is 1. The van der Waals surface area contributed by atoms with E-state index in [0.717, 1.165) is 23.7 Å². The zero-order valence-corrected chi connectivity index (χ0v) is 12.4. The molecule has 4 rings (SSSR count). The largest absolute Gasteiger partial charge is 0.0861 e. The van der Waals surface area contributed by atoms with Crippen molar-refractivity contribution in [3.8, 4) is 0 Å². The molecule has 0 nitrogen and oxygen atoms in total. The summed E-state index contributed by atoms with van der Waals surface area (Å²) in [6.45, 7) is 2.57. The molecular formula is C15H23I. The maximum atomic E-state index is 2.65. The smallest absolute Gasteiger partial charge is 0.00265 e. The van der Waals surface area contributed by atoms with Gasteiger partial charge in [0.05, 0.1) is 0 Å². The second-order valence-electron chi connectivity index (χ2n) is 7.18. The molecule has 0 aliphatic heterocycles. The minimum Gasteiger partial charge on any atom is -0.0861 e. The molecule has 8 unspecified atom stereocenters. The van der Waals surface area contributed by atoms with Gasteiger partial charge in [-0.15, -0.1) is 0 Å². The molecule has 4 aliphatic carbocycles. The first kappa shape index (κ1) is 10.6. The minimum absolute atomic E-state index is 1.05. The van der Waals surface area contributed by atoms with Crippen molar-refractivity contribution < 1.29 is 0 Å². The van der Waals surface area contributed by atoms with Crippen LogP contribution < -0.4 is 0 Å². The van der Waals surface area contributed by atoms with E-state index >= 15 is 0 Å². The molecular weight excluding hydrogens is 307 g/mol. The zero-order valence-electron chi connectivity index (χ0n) is 10.2. The van der Waals surface area contributed by atoms with E-state index in [0.29, 0.717) is 0 Å². The lowest BCUT2D eigenvalue weighted by Crippen LogP contribution is -2.25. The summed E-state index contributed by atoms with van der Waals surface area (Å²) < 4.78 is 1.43. The van der Waals surface area contributed by atoms with Gasteiger partial charge in [-0.3, -0.25) is 0 Å². The Morgan fingerprint density at radius 3 is 2.56 bits per heavy atom. The highest BCUT2D eigenvalue weighted by Gasteiger charge is 2.60. The molecule has 0 amide bonds. The van der Waals surface area contributed by atoms with Gasteiger partial charge in [-0.1, -0.05) is 29.5 Å². The summed E-state index contributed by atoms with van der Waals surface area (Å²) in [4.78, 5) is 0. The van der Waals surface area contributed by atoms with E-state index in [4.69, 9.17) is 0 Å². The minimum atomic E-state index is 1.05. The van der Waals surface area contributed by atoms with Gasteiger partial charge in [-0.2, -0.15) is 0 Å². The third-order valence-electron chi connectivity index (χ3n) is 6.78. The molecule has 0 aromatic heterocycles. The topological polar surface area (TPSA) is 0 Å². The fourth-order valence-electron chi connectivity index (χ4n) is 6.46. The molecule has 0 aromatic carbocycles. The highest BCUT2D eigenvalue weighted by molar-refractivity contribution is 14.1. The van der Waals surface area contributed by atoms with Crippen LogP contribution in [-0.2, 0) is 0 Å². The van der Waals surface area contributed by atoms with E-state index in [9.17, 15) is 0 Å². The van der Waals surface area contributed by atoms with Crippen LogP contribution in [0, 0.1) is 47.3 Å². The monoisotopic (exact) mass is 330 g/mol. The van der Waals surface area contributed by atoms with Crippen molar-refractivity contribution in [3.63, 3.8) is 0 Å². The molecule has 0 aromatic rings. The first-order valence-corrected chi connectivity index (χ1v) is 8.88. The lowest BCUT2D eigenvalue weighted by atomic mass is 9.74. The first-order chi connectivity index (χ1) is 7.79. The van der Waals surface area contributed by atoms with Crippen LogP contribution in [0.2, 0.25) is 0 Å². The standard InChI is InChI=1S/C15H23I/c1-8-4-11(7-16)13-6-12-9-2-3-10(5-9)15(12)14(8)13/h8-15H,2-7H2,1H3. The van der Waals surface area contributed by atoms with Gasteiger partial charge >= 0.3 is 0 Å². The maximum Gasteiger partial charge on any atom is 0.00265 e. The summed E-state index contributed by atoms with van der Waals surface area (Å²) in [5.41, 5.74) is 0. The quantitative estimate of drug-likeness (QED) is 0.495. The number of fused-ring (bicyclic) bond motifs is 7. The van der Waals surface area contributed by atoms with Gasteiger partial charge in [0.2, 0.25) is 0 Å². The molecule has 4 fully saturated rings.